The van der Waals surface area contributed by atoms with Gasteiger partial charge >= 0.3 is 0 Å². The van der Waals surface area contributed by atoms with Crippen LogP contribution in [0.25, 0.3) is 0 Å². The first-order chi connectivity index (χ1) is 16.0. The molecule has 1 amide bonds. The van der Waals surface area contributed by atoms with Gasteiger partial charge in [0.25, 0.3) is 5.91 Å². The molecule has 0 saturated carbocycles. The van der Waals surface area contributed by atoms with Crippen molar-refractivity contribution in [2.75, 3.05) is 30.8 Å². The number of aryl methyl sites for hydroxylation is 2. The smallest absolute Gasteiger partial charge is 0.262 e. The number of halogens is 1. The Bertz CT molecular complexity index is 1060. The van der Waals surface area contributed by atoms with Crippen molar-refractivity contribution < 1.29 is 14.3 Å². The lowest BCUT2D eigenvalue weighted by atomic mass is 10.2. The van der Waals surface area contributed by atoms with Crippen molar-refractivity contribution in [3.63, 3.8) is 0 Å². The number of hydrogen-bond acceptors (Lipinski definition) is 8. The lowest BCUT2D eigenvalue weighted by Crippen LogP contribution is -2.20. The van der Waals surface area contributed by atoms with E-state index in [1.807, 2.05) is 44.2 Å². The summed E-state index contributed by atoms with van der Waals surface area (Å²) in [5, 5.41) is 18.8. The number of aromatic nitrogens is 4. The van der Waals surface area contributed by atoms with Gasteiger partial charge in [-0.1, -0.05) is 41.1 Å². The molecule has 1 aromatic heterocycles. The zero-order valence-electron chi connectivity index (χ0n) is 18.8. The van der Waals surface area contributed by atoms with E-state index < -0.39 is 0 Å². The molecule has 0 unspecified atom stereocenters. The Kier molecular flexibility index (Phi) is 9.35. The van der Waals surface area contributed by atoms with E-state index in [1.165, 1.54) is 0 Å². The topological polar surface area (TPSA) is 103 Å². The quantitative estimate of drug-likeness (QED) is 0.294. The van der Waals surface area contributed by atoms with Crippen LogP contribution in [-0.4, -0.2) is 51.6 Å². The summed E-state index contributed by atoms with van der Waals surface area (Å²) >= 11 is 8.03. The zero-order chi connectivity index (χ0) is 23.6. The minimum atomic E-state index is -0.265. The first-order valence-corrected chi connectivity index (χ1v) is 11.8. The summed E-state index contributed by atoms with van der Waals surface area (Å²) in [5.74, 6) is 1.51. The molecule has 176 valence electrons. The van der Waals surface area contributed by atoms with Crippen molar-refractivity contribution in [3.05, 3.63) is 52.5 Å². The fraction of sp³-hybridized carbons (Fsp3) is 0.364. The third-order valence-electron chi connectivity index (χ3n) is 4.51. The Hall–Kier alpha value is -2.82. The Morgan fingerprint density at radius 1 is 1.18 bits per heavy atom. The van der Waals surface area contributed by atoms with Gasteiger partial charge in [-0.15, -0.1) is 5.10 Å². The Morgan fingerprint density at radius 3 is 2.64 bits per heavy atom. The van der Waals surface area contributed by atoms with Crippen LogP contribution in [0.15, 0.2) is 41.6 Å². The van der Waals surface area contributed by atoms with Crippen LogP contribution in [0.4, 0.5) is 5.69 Å². The Morgan fingerprint density at radius 2 is 1.94 bits per heavy atom. The van der Waals surface area contributed by atoms with E-state index in [0.717, 1.165) is 28.6 Å². The minimum absolute atomic E-state index is 0.157. The summed E-state index contributed by atoms with van der Waals surface area (Å²) < 4.78 is 13.1. The summed E-state index contributed by atoms with van der Waals surface area (Å²) in [6.45, 7) is 5.49. The normalized spacial score (nSPS) is 10.8. The van der Waals surface area contributed by atoms with Gasteiger partial charge in [-0.05, 0) is 48.0 Å². The lowest BCUT2D eigenvalue weighted by molar-refractivity contribution is -0.118. The predicted molar refractivity (Wildman–Crippen MR) is 129 cm³/mol. The maximum atomic E-state index is 12.3. The standard InChI is InChI=1S/C22H27ClN6O3S/c1-4-31-19-11-16(13-24-9-10-33-22-26-27-28-29(22)3)18(23)12-20(19)32-14-21(30)25-17-7-5-15(2)6-8-17/h5-8,11-12,24H,4,9-10,13-14H2,1-3H3,(H,25,30). The van der Waals surface area contributed by atoms with Crippen molar-refractivity contribution in [2.45, 2.75) is 25.5 Å². The fourth-order valence-electron chi connectivity index (χ4n) is 2.85. The van der Waals surface area contributed by atoms with Crippen molar-refractivity contribution in [2.24, 2.45) is 7.05 Å². The third kappa shape index (κ3) is 7.62. The van der Waals surface area contributed by atoms with Gasteiger partial charge in [0.05, 0.1) is 6.61 Å². The molecule has 0 bridgehead atoms. The van der Waals surface area contributed by atoms with Gasteiger partial charge in [-0.3, -0.25) is 4.79 Å². The van der Waals surface area contributed by atoms with Gasteiger partial charge in [0.15, 0.2) is 18.1 Å². The van der Waals surface area contributed by atoms with Crippen LogP contribution in [0.1, 0.15) is 18.1 Å². The van der Waals surface area contributed by atoms with E-state index in [9.17, 15) is 4.79 Å². The van der Waals surface area contributed by atoms with E-state index in [1.54, 1.807) is 29.6 Å². The van der Waals surface area contributed by atoms with E-state index in [2.05, 4.69) is 26.2 Å². The van der Waals surface area contributed by atoms with Crippen molar-refractivity contribution in [1.29, 1.82) is 0 Å². The van der Waals surface area contributed by atoms with Crippen LogP contribution in [-0.2, 0) is 18.4 Å². The second-order valence-corrected chi connectivity index (χ2v) is 8.61. The second-order valence-electron chi connectivity index (χ2n) is 7.14. The highest BCUT2D eigenvalue weighted by atomic mass is 35.5. The summed E-state index contributed by atoms with van der Waals surface area (Å²) in [4.78, 5) is 12.3. The monoisotopic (exact) mass is 490 g/mol. The van der Waals surface area contributed by atoms with Gasteiger partial charge < -0.3 is 20.1 Å². The summed E-state index contributed by atoms with van der Waals surface area (Å²) in [7, 11) is 1.81. The number of tetrazole rings is 1. The molecule has 0 aliphatic carbocycles. The van der Waals surface area contributed by atoms with Crippen LogP contribution < -0.4 is 20.1 Å². The van der Waals surface area contributed by atoms with Crippen molar-refractivity contribution in [1.82, 2.24) is 25.5 Å². The first-order valence-electron chi connectivity index (χ1n) is 10.5. The van der Waals surface area contributed by atoms with E-state index >= 15 is 0 Å². The maximum absolute atomic E-state index is 12.3. The molecule has 1 heterocycles. The molecule has 0 spiro atoms. The number of nitrogens with zero attached hydrogens (tertiary/aromatic N) is 4. The Labute approximate surface area is 202 Å². The number of carbonyl (C=O) groups excluding carboxylic acids is 1. The molecule has 11 heteroatoms. The summed E-state index contributed by atoms with van der Waals surface area (Å²) in [6, 6.07) is 11.1. The number of hydrogen-bond donors (Lipinski definition) is 2. The van der Waals surface area contributed by atoms with Crippen LogP contribution >= 0.6 is 23.4 Å². The zero-order valence-corrected chi connectivity index (χ0v) is 20.4. The van der Waals surface area contributed by atoms with E-state index in [-0.39, 0.29) is 12.5 Å². The van der Waals surface area contributed by atoms with Crippen molar-refractivity contribution >= 4 is 35.0 Å². The number of carbonyl (C=O) groups is 1. The highest BCUT2D eigenvalue weighted by Gasteiger charge is 2.13. The maximum Gasteiger partial charge on any atom is 0.262 e. The number of anilines is 1. The van der Waals surface area contributed by atoms with Gasteiger partial charge in [-0.2, -0.15) is 0 Å². The molecule has 3 aromatic rings. The van der Waals surface area contributed by atoms with Crippen LogP contribution in [0, 0.1) is 6.92 Å². The Balaban J connectivity index is 1.52. The lowest BCUT2D eigenvalue weighted by Gasteiger charge is -2.15. The molecule has 9 nitrogen and oxygen atoms in total. The van der Waals surface area contributed by atoms with Crippen LogP contribution in [0.3, 0.4) is 0 Å². The number of benzene rings is 2. The number of nitrogens with one attached hydrogen (secondary N) is 2. The van der Waals surface area contributed by atoms with Gasteiger partial charge in [0, 0.05) is 42.7 Å². The number of rotatable bonds is 12. The molecule has 0 aliphatic rings. The summed E-state index contributed by atoms with van der Waals surface area (Å²) in [6.07, 6.45) is 0. The highest BCUT2D eigenvalue weighted by molar-refractivity contribution is 7.99. The second kappa shape index (κ2) is 12.4. The summed E-state index contributed by atoms with van der Waals surface area (Å²) in [5.41, 5.74) is 2.71. The number of amides is 1. The van der Waals surface area contributed by atoms with Crippen molar-refractivity contribution in [3.8, 4) is 11.5 Å². The van der Waals surface area contributed by atoms with Gasteiger partial charge in [-0.25, -0.2) is 4.68 Å². The van der Waals surface area contributed by atoms with Gasteiger partial charge in [0.2, 0.25) is 5.16 Å². The van der Waals surface area contributed by atoms with Crippen LogP contribution in [0.5, 0.6) is 11.5 Å². The molecular formula is C22H27ClN6O3S. The molecular weight excluding hydrogens is 464 g/mol. The molecule has 2 aromatic carbocycles. The average Bonchev–Trinajstić information content (AvgIpc) is 3.20. The first kappa shape index (κ1) is 24.8. The van der Waals surface area contributed by atoms with Crippen LogP contribution in [0.2, 0.25) is 5.02 Å². The number of thioether (sulfide) groups is 1. The average molecular weight is 491 g/mol. The predicted octanol–water partition coefficient (Wildman–Crippen LogP) is 3.47. The highest BCUT2D eigenvalue weighted by Crippen LogP contribution is 2.33. The minimum Gasteiger partial charge on any atom is -0.490 e. The van der Waals surface area contributed by atoms with Gasteiger partial charge in [0.1, 0.15) is 0 Å². The molecule has 0 radical (unpaired) electrons. The van der Waals surface area contributed by atoms with E-state index in [0.29, 0.717) is 35.4 Å². The molecule has 0 fully saturated rings. The third-order valence-corrected chi connectivity index (χ3v) is 5.88. The molecule has 3 rings (SSSR count). The van der Waals surface area contributed by atoms with E-state index in [4.69, 9.17) is 21.1 Å². The number of ether oxygens (including phenoxy) is 2. The molecule has 0 aliphatic heterocycles. The molecule has 0 atom stereocenters. The fourth-order valence-corrected chi connectivity index (χ4v) is 3.82. The SMILES string of the molecule is CCOc1cc(CNCCSc2nnnn2C)c(Cl)cc1OCC(=O)Nc1ccc(C)cc1. The largest absolute Gasteiger partial charge is 0.490 e. The molecule has 0 saturated heterocycles. The molecule has 33 heavy (non-hydrogen) atoms. The molecule has 2 N–H and O–H groups in total.